The van der Waals surface area contributed by atoms with Crippen molar-refractivity contribution in [2.24, 2.45) is 0 Å². The van der Waals surface area contributed by atoms with Gasteiger partial charge in [0.25, 0.3) is 11.4 Å². The maximum atomic E-state index is 13.7. The predicted octanol–water partition coefficient (Wildman–Crippen LogP) is 1.78. The third-order valence-corrected chi connectivity index (χ3v) is 5.89. The van der Waals surface area contributed by atoms with E-state index < -0.39 is 0 Å². The van der Waals surface area contributed by atoms with Crippen LogP contribution in [0.3, 0.4) is 0 Å². The molecule has 168 valence electrons. The highest BCUT2D eigenvalue weighted by molar-refractivity contribution is 5.83. The number of hydrogen-bond donors (Lipinski definition) is 0. The number of ether oxygens (including phenoxy) is 2. The van der Waals surface area contributed by atoms with Gasteiger partial charge in [0.15, 0.2) is 11.5 Å². The zero-order chi connectivity index (χ0) is 22.1. The fourth-order valence-electron chi connectivity index (χ4n) is 4.17. The van der Waals surface area contributed by atoms with E-state index in [9.17, 15) is 4.79 Å². The molecule has 0 saturated carbocycles. The van der Waals surface area contributed by atoms with Gasteiger partial charge in [0.1, 0.15) is 11.8 Å². The van der Waals surface area contributed by atoms with Gasteiger partial charge in [-0.15, -0.1) is 0 Å². The minimum atomic E-state index is -0.130. The molecule has 1 aliphatic heterocycles. The molecular formula is C22H26N6O4. The van der Waals surface area contributed by atoms with Crippen molar-refractivity contribution in [1.82, 2.24) is 29.0 Å². The Morgan fingerprint density at radius 1 is 1.16 bits per heavy atom. The Balaban J connectivity index is 1.59. The number of fused-ring (bicyclic) bond motifs is 3. The number of morpholine rings is 1. The Morgan fingerprint density at radius 2 is 1.94 bits per heavy atom. The molecule has 1 saturated heterocycles. The molecule has 32 heavy (non-hydrogen) atoms. The van der Waals surface area contributed by atoms with E-state index in [1.165, 1.54) is 0 Å². The molecule has 0 bridgehead atoms. The highest BCUT2D eigenvalue weighted by Crippen LogP contribution is 2.24. The molecule has 0 amide bonds. The second-order valence-electron chi connectivity index (χ2n) is 8.03. The van der Waals surface area contributed by atoms with Gasteiger partial charge in [-0.3, -0.25) is 14.1 Å². The van der Waals surface area contributed by atoms with Crippen molar-refractivity contribution in [3.63, 3.8) is 0 Å². The molecule has 1 aromatic carbocycles. The maximum absolute atomic E-state index is 13.7. The van der Waals surface area contributed by atoms with Crippen LogP contribution in [0, 0.1) is 0 Å². The van der Waals surface area contributed by atoms with Crippen molar-refractivity contribution in [2.75, 3.05) is 46.6 Å². The first-order valence-electron chi connectivity index (χ1n) is 10.8. The first-order valence-corrected chi connectivity index (χ1v) is 10.8. The Kier molecular flexibility index (Phi) is 5.73. The second-order valence-corrected chi connectivity index (χ2v) is 8.03. The van der Waals surface area contributed by atoms with Gasteiger partial charge < -0.3 is 18.6 Å². The molecule has 10 heteroatoms. The monoisotopic (exact) mass is 438 g/mol. The molecule has 10 nitrogen and oxygen atoms in total. The van der Waals surface area contributed by atoms with Crippen LogP contribution in [0.1, 0.15) is 18.7 Å². The second kappa shape index (κ2) is 8.81. The minimum absolute atomic E-state index is 0.0302. The van der Waals surface area contributed by atoms with E-state index >= 15 is 0 Å². The zero-order valence-electron chi connectivity index (χ0n) is 18.2. The zero-order valence-corrected chi connectivity index (χ0v) is 18.2. The first kappa shape index (κ1) is 20.8. The van der Waals surface area contributed by atoms with E-state index in [1.807, 2.05) is 35.8 Å². The van der Waals surface area contributed by atoms with E-state index in [4.69, 9.17) is 14.0 Å². The number of aromatic nitrogens is 5. The van der Waals surface area contributed by atoms with E-state index in [0.29, 0.717) is 30.2 Å². The lowest BCUT2D eigenvalue weighted by Gasteiger charge is -2.27. The Morgan fingerprint density at radius 3 is 2.72 bits per heavy atom. The van der Waals surface area contributed by atoms with Crippen LogP contribution in [0.4, 0.5) is 0 Å². The predicted molar refractivity (Wildman–Crippen MR) is 118 cm³/mol. The number of nitrogens with zero attached hydrogens (tertiary/aromatic N) is 6. The molecule has 1 unspecified atom stereocenters. The fourth-order valence-corrected chi connectivity index (χ4v) is 4.17. The summed E-state index contributed by atoms with van der Waals surface area (Å²) >= 11 is 0. The van der Waals surface area contributed by atoms with Crippen molar-refractivity contribution < 1.29 is 14.0 Å². The van der Waals surface area contributed by atoms with Gasteiger partial charge in [-0.05, 0) is 12.1 Å². The quantitative estimate of drug-likeness (QED) is 0.431. The molecule has 4 aromatic rings. The van der Waals surface area contributed by atoms with Crippen LogP contribution in [-0.2, 0) is 16.0 Å². The summed E-state index contributed by atoms with van der Waals surface area (Å²) in [6.45, 7) is 6.96. The third kappa shape index (κ3) is 3.70. The number of hydrogen-bond acceptors (Lipinski definition) is 8. The van der Waals surface area contributed by atoms with Crippen molar-refractivity contribution in [3.8, 4) is 11.6 Å². The van der Waals surface area contributed by atoms with Gasteiger partial charge in [0, 0.05) is 39.2 Å². The summed E-state index contributed by atoms with van der Waals surface area (Å²) in [4.78, 5) is 24.9. The average Bonchev–Trinajstić information content (AvgIpc) is 3.48. The summed E-state index contributed by atoms with van der Waals surface area (Å²) in [5.41, 5.74) is 2.45. The Labute approximate surface area is 184 Å². The molecule has 5 rings (SSSR count). The van der Waals surface area contributed by atoms with Crippen molar-refractivity contribution >= 4 is 16.6 Å². The van der Waals surface area contributed by atoms with Gasteiger partial charge in [-0.1, -0.05) is 24.2 Å². The molecule has 0 N–H and O–H groups in total. The number of rotatable bonds is 7. The summed E-state index contributed by atoms with van der Waals surface area (Å²) < 4.78 is 19.7. The van der Waals surface area contributed by atoms with Crippen LogP contribution >= 0.6 is 0 Å². The molecule has 3 aromatic heterocycles. The summed E-state index contributed by atoms with van der Waals surface area (Å²) in [7, 11) is 1.63. The summed E-state index contributed by atoms with van der Waals surface area (Å²) in [5, 5.41) is 4.07. The van der Waals surface area contributed by atoms with Crippen molar-refractivity contribution in [2.45, 2.75) is 19.4 Å². The molecule has 4 heterocycles. The van der Waals surface area contributed by atoms with Crippen molar-refractivity contribution in [3.05, 3.63) is 46.8 Å². The fraction of sp³-hybridized carbons (Fsp3) is 0.455. The van der Waals surface area contributed by atoms with Gasteiger partial charge >= 0.3 is 0 Å². The van der Waals surface area contributed by atoms with E-state index in [-0.39, 0.29) is 17.4 Å². The lowest BCUT2D eigenvalue weighted by atomic mass is 10.2. The molecule has 0 aliphatic carbocycles. The van der Waals surface area contributed by atoms with Crippen LogP contribution in [0.2, 0.25) is 0 Å². The summed E-state index contributed by atoms with van der Waals surface area (Å²) in [6.07, 6.45) is 1.64. The number of methoxy groups -OCH3 is 1. The average molecular weight is 438 g/mol. The van der Waals surface area contributed by atoms with Gasteiger partial charge in [0.2, 0.25) is 0 Å². The standard InChI is InChI=1S/C22H26N6O4/c1-15(13-30-2)20-24-21(32-25-20)18-19-22(29)27(8-7-26-9-11-31-12-10-26)16-5-3-4-6-17(16)28(19)14-23-18/h3-6,14-15H,7-13H2,1-2H3. The van der Waals surface area contributed by atoms with Crippen LogP contribution in [0.25, 0.3) is 28.1 Å². The topological polar surface area (TPSA) is 99.9 Å². The smallest absolute Gasteiger partial charge is 0.278 e. The largest absolute Gasteiger partial charge is 0.384 e. The van der Waals surface area contributed by atoms with Gasteiger partial charge in [-0.2, -0.15) is 4.98 Å². The lowest BCUT2D eigenvalue weighted by Crippen LogP contribution is -2.39. The van der Waals surface area contributed by atoms with Gasteiger partial charge in [-0.25, -0.2) is 4.98 Å². The number of benzene rings is 1. The molecule has 1 atom stereocenters. The molecular weight excluding hydrogens is 412 g/mol. The van der Waals surface area contributed by atoms with Crippen LogP contribution in [0.15, 0.2) is 39.9 Å². The SMILES string of the molecule is COCC(C)c1noc(-c2ncn3c2c(=O)n(CCN2CCOCC2)c2ccccc23)n1. The van der Waals surface area contributed by atoms with E-state index in [0.717, 1.165) is 43.9 Å². The third-order valence-electron chi connectivity index (χ3n) is 5.89. The van der Waals surface area contributed by atoms with Crippen LogP contribution in [-0.4, -0.2) is 75.6 Å². The molecule has 1 fully saturated rings. The molecule has 1 aliphatic rings. The van der Waals surface area contributed by atoms with Gasteiger partial charge in [0.05, 0.1) is 30.9 Å². The highest BCUT2D eigenvalue weighted by atomic mass is 16.5. The normalized spacial score (nSPS) is 16.2. The summed E-state index contributed by atoms with van der Waals surface area (Å²) in [6, 6.07) is 7.85. The Hall–Kier alpha value is -3.08. The van der Waals surface area contributed by atoms with Crippen LogP contribution < -0.4 is 5.56 Å². The van der Waals surface area contributed by atoms with Crippen LogP contribution in [0.5, 0.6) is 0 Å². The Bertz CT molecular complexity index is 1290. The number of para-hydroxylation sites is 2. The highest BCUT2D eigenvalue weighted by Gasteiger charge is 2.23. The number of imidazole rings is 1. The maximum Gasteiger partial charge on any atom is 0.278 e. The van der Waals surface area contributed by atoms with Crippen molar-refractivity contribution in [1.29, 1.82) is 0 Å². The van der Waals surface area contributed by atoms with E-state index in [1.54, 1.807) is 17.8 Å². The summed E-state index contributed by atoms with van der Waals surface area (Å²) in [5.74, 6) is 0.728. The first-order chi connectivity index (χ1) is 15.7. The minimum Gasteiger partial charge on any atom is -0.384 e. The van der Waals surface area contributed by atoms with E-state index in [2.05, 4.69) is 20.0 Å². The molecule has 0 spiro atoms. The lowest BCUT2D eigenvalue weighted by molar-refractivity contribution is 0.0364. The molecule has 0 radical (unpaired) electrons.